The van der Waals surface area contributed by atoms with Gasteiger partial charge in [0.1, 0.15) is 11.5 Å². The lowest BCUT2D eigenvalue weighted by Crippen LogP contribution is -2.45. The van der Waals surface area contributed by atoms with Crippen molar-refractivity contribution in [2.75, 3.05) is 0 Å². The molecule has 0 heterocycles. The predicted molar refractivity (Wildman–Crippen MR) is 144 cm³/mol. The molecule has 2 unspecified atom stereocenters. The summed E-state index contributed by atoms with van der Waals surface area (Å²) in [6.45, 7) is 0. The van der Waals surface area contributed by atoms with Crippen LogP contribution in [0.2, 0.25) is 10.0 Å². The molecule has 0 bridgehead atoms. The molecule has 0 aromatic heterocycles. The second-order valence-corrected chi connectivity index (χ2v) is 13.5. The Morgan fingerprint density at radius 3 is 1.51 bits per heavy atom. The van der Waals surface area contributed by atoms with Crippen molar-refractivity contribution in [1.29, 1.82) is 0 Å². The van der Waals surface area contributed by atoms with Gasteiger partial charge in [-0.1, -0.05) is 61.7 Å². The summed E-state index contributed by atoms with van der Waals surface area (Å²) in [5, 5.41) is 1.35. The molecule has 0 radical (unpaired) electrons. The molecule has 3 aliphatic rings. The molecule has 35 heavy (non-hydrogen) atoms. The Bertz CT molecular complexity index is 1010. The highest BCUT2D eigenvalue weighted by atomic mass is 35.5. The Balaban J connectivity index is 1.49. The lowest BCUT2D eigenvalue weighted by atomic mass is 9.84. The monoisotopic (exact) mass is 535 g/mol. The summed E-state index contributed by atoms with van der Waals surface area (Å²) in [6.07, 6.45) is 13.2. The van der Waals surface area contributed by atoms with Gasteiger partial charge in [0.05, 0.1) is 5.66 Å². The van der Waals surface area contributed by atoms with Crippen LogP contribution >= 0.6 is 30.8 Å². The van der Waals surface area contributed by atoms with Crippen molar-refractivity contribution in [3.8, 4) is 11.5 Å². The van der Waals surface area contributed by atoms with Gasteiger partial charge in [-0.15, -0.1) is 0 Å². The second kappa shape index (κ2) is 11.1. The highest BCUT2D eigenvalue weighted by Gasteiger charge is 2.49. The molecule has 7 heteroatoms. The van der Waals surface area contributed by atoms with Crippen LogP contribution in [0.25, 0.3) is 0 Å². The molecule has 0 amide bonds. The van der Waals surface area contributed by atoms with Crippen LogP contribution in [-0.4, -0.2) is 11.7 Å². The first kappa shape index (κ1) is 25.5. The van der Waals surface area contributed by atoms with Crippen molar-refractivity contribution in [3.63, 3.8) is 0 Å². The molecule has 3 fully saturated rings. The van der Waals surface area contributed by atoms with E-state index in [1.165, 1.54) is 38.5 Å². The first-order valence-corrected chi connectivity index (χ1v) is 15.6. The normalized spacial score (nSPS) is 24.1. The highest BCUT2D eigenvalue weighted by molar-refractivity contribution is 7.55. The molecule has 0 spiro atoms. The minimum atomic E-state index is -3.62. The standard InChI is InChI=1S/C28H36Cl2NO3P/c29-21-11-14-26(23(17-21)19-7-3-1-4-8-19)33-35(32,28-16-13-25(28)31)34-27-15-12-22(30)18-24(27)20-9-5-2-6-10-20/h11-12,14-15,17-20,25,28H,1-10,13,16,31H2. The van der Waals surface area contributed by atoms with Crippen molar-refractivity contribution < 1.29 is 13.6 Å². The van der Waals surface area contributed by atoms with Crippen LogP contribution in [0, 0.1) is 0 Å². The Morgan fingerprint density at radius 2 is 1.14 bits per heavy atom. The van der Waals surface area contributed by atoms with Gasteiger partial charge >= 0.3 is 7.60 Å². The molecule has 5 rings (SSSR count). The zero-order valence-corrected chi connectivity index (χ0v) is 22.7. The summed E-state index contributed by atoms with van der Waals surface area (Å²) >= 11 is 12.8. The smallest absolute Gasteiger partial charge is 0.416 e. The Labute approximate surface area is 219 Å². The molecule has 2 aromatic rings. The molecule has 4 nitrogen and oxygen atoms in total. The number of rotatable bonds is 7. The van der Waals surface area contributed by atoms with E-state index in [0.717, 1.165) is 49.7 Å². The molecule has 2 atom stereocenters. The van der Waals surface area contributed by atoms with E-state index >= 15 is 0 Å². The molecule has 3 aliphatic carbocycles. The van der Waals surface area contributed by atoms with Crippen LogP contribution in [0.3, 0.4) is 0 Å². The van der Waals surface area contributed by atoms with E-state index in [1.54, 1.807) is 0 Å². The minimum Gasteiger partial charge on any atom is -0.416 e. The van der Waals surface area contributed by atoms with E-state index in [2.05, 4.69) is 0 Å². The molecular weight excluding hydrogens is 500 g/mol. The SMILES string of the molecule is NC1CCC1P(=O)(Oc1ccc(Cl)cc1C1CCCCC1)Oc1ccc(Cl)cc1C1CCCCC1. The van der Waals surface area contributed by atoms with Gasteiger partial charge < -0.3 is 14.8 Å². The van der Waals surface area contributed by atoms with E-state index in [4.69, 9.17) is 38.0 Å². The largest absolute Gasteiger partial charge is 0.435 e. The van der Waals surface area contributed by atoms with Crippen LogP contribution in [0.5, 0.6) is 11.5 Å². The van der Waals surface area contributed by atoms with Gasteiger partial charge in [0, 0.05) is 16.1 Å². The third-order valence-corrected chi connectivity index (χ3v) is 11.0. The molecule has 2 N–H and O–H groups in total. The average molecular weight is 536 g/mol. The summed E-state index contributed by atoms with van der Waals surface area (Å²) in [4.78, 5) is 0. The van der Waals surface area contributed by atoms with Crippen LogP contribution in [0.4, 0.5) is 0 Å². The zero-order chi connectivity index (χ0) is 24.4. The molecule has 2 aromatic carbocycles. The fourth-order valence-electron chi connectivity index (χ4n) is 6.00. The van der Waals surface area contributed by atoms with Crippen LogP contribution < -0.4 is 14.8 Å². The van der Waals surface area contributed by atoms with Crippen LogP contribution in [0.15, 0.2) is 36.4 Å². The fourth-order valence-corrected chi connectivity index (χ4v) is 8.63. The molecule has 3 saturated carbocycles. The first-order valence-electron chi connectivity index (χ1n) is 13.3. The summed E-state index contributed by atoms with van der Waals surface area (Å²) in [5.41, 5.74) is 8.10. The topological polar surface area (TPSA) is 61.6 Å². The number of hydrogen-bond acceptors (Lipinski definition) is 4. The van der Waals surface area contributed by atoms with Crippen molar-refractivity contribution >= 4 is 30.8 Å². The van der Waals surface area contributed by atoms with Crippen molar-refractivity contribution in [1.82, 2.24) is 0 Å². The molecular formula is C28H36Cl2NO3P. The lowest BCUT2D eigenvalue weighted by molar-refractivity contribution is 0.311. The molecule has 0 saturated heterocycles. The fraction of sp³-hybridized carbons (Fsp3) is 0.571. The van der Waals surface area contributed by atoms with E-state index in [9.17, 15) is 4.57 Å². The maximum absolute atomic E-state index is 14.6. The van der Waals surface area contributed by atoms with Gasteiger partial charge in [-0.25, -0.2) is 4.57 Å². The van der Waals surface area contributed by atoms with Gasteiger partial charge in [-0.3, -0.25) is 0 Å². The second-order valence-electron chi connectivity index (χ2n) is 10.6. The highest BCUT2D eigenvalue weighted by Crippen LogP contribution is 2.60. The lowest BCUT2D eigenvalue weighted by Gasteiger charge is -2.39. The van der Waals surface area contributed by atoms with Gasteiger partial charge in [0.15, 0.2) is 0 Å². The van der Waals surface area contributed by atoms with Crippen molar-refractivity contribution in [2.24, 2.45) is 5.73 Å². The predicted octanol–water partition coefficient (Wildman–Crippen LogP) is 9.23. The summed E-state index contributed by atoms with van der Waals surface area (Å²) in [6, 6.07) is 11.1. The third kappa shape index (κ3) is 5.72. The Kier molecular flexibility index (Phi) is 8.04. The van der Waals surface area contributed by atoms with Gasteiger partial charge in [-0.05, 0) is 97.9 Å². The van der Waals surface area contributed by atoms with Crippen molar-refractivity contribution in [2.45, 2.75) is 101 Å². The molecule has 0 aliphatic heterocycles. The average Bonchev–Trinajstić information content (AvgIpc) is 2.86. The number of halogens is 2. The Morgan fingerprint density at radius 1 is 0.686 bits per heavy atom. The third-order valence-electron chi connectivity index (χ3n) is 8.18. The van der Waals surface area contributed by atoms with E-state index in [-0.39, 0.29) is 11.7 Å². The first-order chi connectivity index (χ1) is 16.9. The van der Waals surface area contributed by atoms with E-state index in [1.807, 2.05) is 36.4 Å². The van der Waals surface area contributed by atoms with Crippen molar-refractivity contribution in [3.05, 3.63) is 57.6 Å². The van der Waals surface area contributed by atoms with Gasteiger partial charge in [-0.2, -0.15) is 0 Å². The summed E-state index contributed by atoms with van der Waals surface area (Å²) < 4.78 is 27.5. The molecule has 190 valence electrons. The number of benzene rings is 2. The quantitative estimate of drug-likeness (QED) is 0.358. The minimum absolute atomic E-state index is 0.198. The zero-order valence-electron chi connectivity index (χ0n) is 20.3. The maximum Gasteiger partial charge on any atom is 0.435 e. The maximum atomic E-state index is 14.6. The van der Waals surface area contributed by atoms with E-state index < -0.39 is 7.60 Å². The van der Waals surface area contributed by atoms with Gasteiger partial charge in [0.2, 0.25) is 0 Å². The number of nitrogens with two attached hydrogens (primary N) is 1. The number of hydrogen-bond donors (Lipinski definition) is 1. The summed E-state index contributed by atoms with van der Waals surface area (Å²) in [5.74, 6) is 1.96. The summed E-state index contributed by atoms with van der Waals surface area (Å²) in [7, 11) is -3.62. The van der Waals surface area contributed by atoms with Gasteiger partial charge in [0.25, 0.3) is 0 Å². The van der Waals surface area contributed by atoms with E-state index in [0.29, 0.717) is 33.4 Å². The van der Waals surface area contributed by atoms with Crippen LogP contribution in [0.1, 0.15) is 100 Å². The van der Waals surface area contributed by atoms with Crippen LogP contribution in [-0.2, 0) is 4.57 Å². The Hall–Kier alpha value is -1.19.